The summed E-state index contributed by atoms with van der Waals surface area (Å²) in [7, 11) is 1.48. The number of hydrogen-bond donors (Lipinski definition) is 1. The first-order valence-electron chi connectivity index (χ1n) is 6.65. The summed E-state index contributed by atoms with van der Waals surface area (Å²) < 4.78 is 36.9. The molecule has 1 N–H and O–H groups in total. The number of hydrogen-bond acceptors (Lipinski definition) is 3. The first-order chi connectivity index (χ1) is 11.0. The molecule has 0 saturated carbocycles. The number of methoxy groups -OCH3 is 1. The zero-order valence-corrected chi connectivity index (χ0v) is 12.3. The lowest BCUT2D eigenvalue weighted by atomic mass is 10.1. The Hall–Kier alpha value is -2.89. The standard InChI is InChI=1S/C17H14F2O4/c1-22-15-5-2-11(3-7-17(20)21)8-12(15)10-23-16-6-4-13(18)9-14(16)19/h2-9H,10H2,1H3,(H,20,21). The monoisotopic (exact) mass is 320 g/mol. The van der Waals surface area contributed by atoms with Gasteiger partial charge in [-0.2, -0.15) is 0 Å². The Morgan fingerprint density at radius 2 is 1.91 bits per heavy atom. The molecule has 0 saturated heterocycles. The van der Waals surface area contributed by atoms with Crippen LogP contribution < -0.4 is 9.47 Å². The van der Waals surface area contributed by atoms with E-state index in [0.717, 1.165) is 18.2 Å². The highest BCUT2D eigenvalue weighted by molar-refractivity contribution is 5.85. The number of carboxylic acid groups (broad SMARTS) is 1. The van der Waals surface area contributed by atoms with Gasteiger partial charge in [0.15, 0.2) is 11.6 Å². The quantitative estimate of drug-likeness (QED) is 0.826. The predicted molar refractivity (Wildman–Crippen MR) is 80.4 cm³/mol. The molecular formula is C17H14F2O4. The highest BCUT2D eigenvalue weighted by Crippen LogP contribution is 2.24. The lowest BCUT2D eigenvalue weighted by Crippen LogP contribution is -2.01. The van der Waals surface area contributed by atoms with Gasteiger partial charge in [0.1, 0.15) is 18.2 Å². The van der Waals surface area contributed by atoms with Crippen molar-refractivity contribution in [1.29, 1.82) is 0 Å². The largest absolute Gasteiger partial charge is 0.496 e. The average Bonchev–Trinajstić information content (AvgIpc) is 2.52. The number of benzene rings is 2. The maximum absolute atomic E-state index is 13.6. The number of ether oxygens (including phenoxy) is 2. The van der Waals surface area contributed by atoms with Crippen LogP contribution in [-0.4, -0.2) is 18.2 Å². The van der Waals surface area contributed by atoms with Crippen LogP contribution in [-0.2, 0) is 11.4 Å². The Morgan fingerprint density at radius 1 is 1.17 bits per heavy atom. The minimum atomic E-state index is -1.06. The van der Waals surface area contributed by atoms with Gasteiger partial charge in [-0.25, -0.2) is 13.6 Å². The number of carboxylic acids is 1. The molecule has 0 radical (unpaired) electrons. The van der Waals surface area contributed by atoms with Crippen LogP contribution in [0.3, 0.4) is 0 Å². The average molecular weight is 320 g/mol. The summed E-state index contributed by atoms with van der Waals surface area (Å²) in [5, 5.41) is 8.64. The van der Waals surface area contributed by atoms with E-state index < -0.39 is 17.6 Å². The van der Waals surface area contributed by atoms with Crippen molar-refractivity contribution >= 4 is 12.0 Å². The van der Waals surface area contributed by atoms with Gasteiger partial charge >= 0.3 is 5.97 Å². The lowest BCUT2D eigenvalue weighted by Gasteiger charge is -2.11. The van der Waals surface area contributed by atoms with E-state index >= 15 is 0 Å². The second kappa shape index (κ2) is 7.40. The molecule has 120 valence electrons. The Kier molecular flexibility index (Phi) is 5.30. The van der Waals surface area contributed by atoms with Crippen LogP contribution in [0.4, 0.5) is 8.78 Å². The third-order valence-electron chi connectivity index (χ3n) is 3.00. The molecule has 23 heavy (non-hydrogen) atoms. The molecule has 0 bridgehead atoms. The van der Waals surface area contributed by atoms with Crippen molar-refractivity contribution in [2.45, 2.75) is 6.61 Å². The zero-order valence-electron chi connectivity index (χ0n) is 12.3. The second-order valence-electron chi connectivity index (χ2n) is 4.61. The summed E-state index contributed by atoms with van der Waals surface area (Å²) in [6.07, 6.45) is 2.43. The molecule has 2 aromatic carbocycles. The molecule has 0 aliphatic rings. The van der Waals surface area contributed by atoms with Crippen LogP contribution in [0.25, 0.3) is 6.08 Å². The minimum absolute atomic E-state index is 0.0134. The van der Waals surface area contributed by atoms with E-state index in [1.807, 2.05) is 0 Å². The summed E-state index contributed by atoms with van der Waals surface area (Å²) >= 11 is 0. The van der Waals surface area contributed by atoms with Crippen LogP contribution in [0, 0.1) is 11.6 Å². The molecule has 2 rings (SSSR count). The number of rotatable bonds is 6. The fourth-order valence-corrected chi connectivity index (χ4v) is 1.93. The van der Waals surface area contributed by atoms with Gasteiger partial charge in [-0.3, -0.25) is 0 Å². The van der Waals surface area contributed by atoms with Gasteiger partial charge in [0.2, 0.25) is 0 Å². The van der Waals surface area contributed by atoms with E-state index in [4.69, 9.17) is 14.6 Å². The van der Waals surface area contributed by atoms with Gasteiger partial charge in [-0.15, -0.1) is 0 Å². The summed E-state index contributed by atoms with van der Waals surface area (Å²) in [6.45, 7) is -0.0134. The Bertz CT molecular complexity index is 741. The maximum atomic E-state index is 13.6. The Morgan fingerprint density at radius 3 is 2.57 bits per heavy atom. The molecule has 0 aliphatic heterocycles. The molecule has 0 unspecified atom stereocenters. The first kappa shape index (κ1) is 16.5. The van der Waals surface area contributed by atoms with E-state index in [9.17, 15) is 13.6 Å². The molecule has 0 aromatic heterocycles. The number of aliphatic carboxylic acids is 1. The summed E-state index contributed by atoms with van der Waals surface area (Å²) in [5.74, 6) is -2.12. The minimum Gasteiger partial charge on any atom is -0.496 e. The van der Waals surface area contributed by atoms with Gasteiger partial charge in [0, 0.05) is 17.7 Å². The molecule has 0 aliphatic carbocycles. The Labute approximate surface area is 131 Å². The van der Waals surface area contributed by atoms with Gasteiger partial charge in [-0.1, -0.05) is 6.07 Å². The second-order valence-corrected chi connectivity index (χ2v) is 4.61. The molecule has 0 atom stereocenters. The van der Waals surface area contributed by atoms with Gasteiger partial charge in [0.05, 0.1) is 7.11 Å². The molecule has 6 heteroatoms. The summed E-state index contributed by atoms with van der Waals surface area (Å²) in [4.78, 5) is 10.5. The predicted octanol–water partition coefficient (Wildman–Crippen LogP) is 3.65. The summed E-state index contributed by atoms with van der Waals surface area (Å²) in [6, 6.07) is 8.03. The van der Waals surface area contributed by atoms with Crippen molar-refractivity contribution in [1.82, 2.24) is 0 Å². The zero-order chi connectivity index (χ0) is 16.8. The lowest BCUT2D eigenvalue weighted by molar-refractivity contribution is -0.131. The van der Waals surface area contributed by atoms with Gasteiger partial charge in [-0.05, 0) is 35.9 Å². The smallest absolute Gasteiger partial charge is 0.328 e. The normalized spacial score (nSPS) is 10.7. The van der Waals surface area contributed by atoms with Crippen molar-refractivity contribution in [2.24, 2.45) is 0 Å². The van der Waals surface area contributed by atoms with E-state index in [2.05, 4.69) is 0 Å². The molecular weight excluding hydrogens is 306 g/mol. The van der Waals surface area contributed by atoms with Crippen molar-refractivity contribution in [2.75, 3.05) is 7.11 Å². The third-order valence-corrected chi connectivity index (χ3v) is 3.00. The van der Waals surface area contributed by atoms with Crippen LogP contribution >= 0.6 is 0 Å². The molecule has 0 fully saturated rings. The van der Waals surface area contributed by atoms with Crippen LogP contribution in [0.1, 0.15) is 11.1 Å². The SMILES string of the molecule is COc1ccc(C=CC(=O)O)cc1COc1ccc(F)cc1F. The molecule has 0 spiro atoms. The number of halogens is 2. The van der Waals surface area contributed by atoms with Crippen LogP contribution in [0.2, 0.25) is 0 Å². The molecule has 4 nitrogen and oxygen atoms in total. The van der Waals surface area contributed by atoms with Crippen molar-refractivity contribution in [3.63, 3.8) is 0 Å². The Balaban J connectivity index is 2.20. The summed E-state index contributed by atoms with van der Waals surface area (Å²) in [5.41, 5.74) is 1.23. The molecule has 0 heterocycles. The van der Waals surface area contributed by atoms with Crippen LogP contribution in [0.5, 0.6) is 11.5 Å². The first-order valence-corrected chi connectivity index (χ1v) is 6.65. The highest BCUT2D eigenvalue weighted by atomic mass is 19.1. The topological polar surface area (TPSA) is 55.8 Å². The van der Waals surface area contributed by atoms with Crippen molar-refractivity contribution < 1.29 is 28.2 Å². The number of carbonyl (C=O) groups is 1. The van der Waals surface area contributed by atoms with Crippen molar-refractivity contribution in [3.8, 4) is 11.5 Å². The fraction of sp³-hybridized carbons (Fsp3) is 0.118. The van der Waals surface area contributed by atoms with E-state index in [1.54, 1.807) is 18.2 Å². The van der Waals surface area contributed by atoms with E-state index in [0.29, 0.717) is 16.9 Å². The van der Waals surface area contributed by atoms with Gasteiger partial charge < -0.3 is 14.6 Å². The maximum Gasteiger partial charge on any atom is 0.328 e. The van der Waals surface area contributed by atoms with Gasteiger partial charge in [0.25, 0.3) is 0 Å². The highest BCUT2D eigenvalue weighted by Gasteiger charge is 2.08. The third kappa shape index (κ3) is 4.54. The van der Waals surface area contributed by atoms with Crippen LogP contribution in [0.15, 0.2) is 42.5 Å². The van der Waals surface area contributed by atoms with E-state index in [-0.39, 0.29) is 12.4 Å². The van der Waals surface area contributed by atoms with E-state index in [1.165, 1.54) is 19.3 Å². The molecule has 0 amide bonds. The fourth-order valence-electron chi connectivity index (χ4n) is 1.93. The molecule has 2 aromatic rings. The van der Waals surface area contributed by atoms with Crippen molar-refractivity contribution in [3.05, 3.63) is 65.2 Å².